The van der Waals surface area contributed by atoms with Crippen LogP contribution in [0.5, 0.6) is 0 Å². The Kier molecular flexibility index (Phi) is 4.45. The molecule has 0 amide bonds. The van der Waals surface area contributed by atoms with Gasteiger partial charge in [-0.05, 0) is 25.8 Å². The maximum atomic E-state index is 11.8. The van der Waals surface area contributed by atoms with E-state index < -0.39 is 10.0 Å². The predicted molar refractivity (Wildman–Crippen MR) is 87.3 cm³/mol. The van der Waals surface area contributed by atoms with Gasteiger partial charge in [0, 0.05) is 37.9 Å². The highest BCUT2D eigenvalue weighted by Crippen LogP contribution is 2.28. The van der Waals surface area contributed by atoms with Crippen molar-refractivity contribution in [2.75, 3.05) is 19.3 Å². The summed E-state index contributed by atoms with van der Waals surface area (Å²) in [5, 5.41) is 4.26. The third kappa shape index (κ3) is 3.42. The zero-order chi connectivity index (χ0) is 16.4. The molecule has 0 radical (unpaired) electrons. The van der Waals surface area contributed by atoms with E-state index in [2.05, 4.69) is 10.1 Å². The Morgan fingerprint density at radius 2 is 2.17 bits per heavy atom. The second kappa shape index (κ2) is 6.37. The van der Waals surface area contributed by atoms with Gasteiger partial charge in [-0.2, -0.15) is 5.10 Å². The molecule has 3 rings (SSSR count). The molecule has 124 valence electrons. The lowest BCUT2D eigenvalue weighted by molar-refractivity contribution is 0.314. The van der Waals surface area contributed by atoms with Crippen LogP contribution in [-0.2, 0) is 16.6 Å². The average molecular weight is 335 g/mol. The summed E-state index contributed by atoms with van der Waals surface area (Å²) >= 11 is 0. The highest BCUT2D eigenvalue weighted by atomic mass is 32.2. The van der Waals surface area contributed by atoms with Crippen molar-refractivity contribution < 1.29 is 8.42 Å². The summed E-state index contributed by atoms with van der Waals surface area (Å²) in [6.07, 6.45) is 8.25. The molecule has 7 nitrogen and oxygen atoms in total. The van der Waals surface area contributed by atoms with Gasteiger partial charge in [0.2, 0.25) is 10.0 Å². The minimum Gasteiger partial charge on any atom is -0.264 e. The first kappa shape index (κ1) is 16.1. The Bertz CT molecular complexity index is 787. The third-order valence-electron chi connectivity index (χ3n) is 4.20. The molecule has 0 bridgehead atoms. The van der Waals surface area contributed by atoms with Crippen molar-refractivity contribution in [2.24, 2.45) is 0 Å². The van der Waals surface area contributed by atoms with Crippen molar-refractivity contribution in [1.82, 2.24) is 24.1 Å². The van der Waals surface area contributed by atoms with Crippen LogP contribution in [-0.4, -0.2) is 51.8 Å². The van der Waals surface area contributed by atoms with Crippen LogP contribution >= 0.6 is 0 Å². The molecule has 0 unspecified atom stereocenters. The van der Waals surface area contributed by atoms with E-state index in [1.807, 2.05) is 17.7 Å². The molecule has 23 heavy (non-hydrogen) atoms. The fourth-order valence-corrected chi connectivity index (χ4v) is 3.90. The summed E-state index contributed by atoms with van der Waals surface area (Å²) in [4.78, 5) is 9.03. The number of nitrogens with zero attached hydrogens (tertiary/aromatic N) is 5. The highest BCUT2D eigenvalue weighted by Gasteiger charge is 2.28. The Hall–Kier alpha value is -1.80. The number of rotatable bonds is 4. The Morgan fingerprint density at radius 3 is 2.91 bits per heavy atom. The number of hydrogen-bond donors (Lipinski definition) is 0. The van der Waals surface area contributed by atoms with E-state index in [0.717, 1.165) is 36.5 Å². The molecule has 0 spiro atoms. The lowest BCUT2D eigenvalue weighted by atomic mass is 9.96. The SMILES string of the molecule is CCn1nccc1-c1cncc([C@H]2CCCN(S(C)(=O)=O)C2)n1. The first-order chi connectivity index (χ1) is 11.0. The first-order valence-electron chi connectivity index (χ1n) is 7.78. The fourth-order valence-electron chi connectivity index (χ4n) is 2.99. The molecule has 0 aromatic carbocycles. The number of sulfonamides is 1. The lowest BCUT2D eigenvalue weighted by Crippen LogP contribution is -2.38. The zero-order valence-electron chi connectivity index (χ0n) is 13.4. The largest absolute Gasteiger partial charge is 0.264 e. The number of hydrogen-bond acceptors (Lipinski definition) is 5. The van der Waals surface area contributed by atoms with Crippen LogP contribution < -0.4 is 0 Å². The van der Waals surface area contributed by atoms with E-state index in [9.17, 15) is 8.42 Å². The summed E-state index contributed by atoms with van der Waals surface area (Å²) in [5.74, 6) is 0.0870. The highest BCUT2D eigenvalue weighted by molar-refractivity contribution is 7.88. The van der Waals surface area contributed by atoms with E-state index in [4.69, 9.17) is 4.98 Å². The number of aryl methyl sites for hydroxylation is 1. The quantitative estimate of drug-likeness (QED) is 0.846. The van der Waals surface area contributed by atoms with E-state index >= 15 is 0 Å². The van der Waals surface area contributed by atoms with Crippen LogP contribution in [0.1, 0.15) is 31.4 Å². The van der Waals surface area contributed by atoms with Gasteiger partial charge >= 0.3 is 0 Å². The summed E-state index contributed by atoms with van der Waals surface area (Å²) in [6.45, 7) is 3.85. The van der Waals surface area contributed by atoms with Gasteiger partial charge in [0.25, 0.3) is 0 Å². The van der Waals surface area contributed by atoms with Gasteiger partial charge in [0.15, 0.2) is 0 Å². The molecule has 1 fully saturated rings. The minimum atomic E-state index is -3.16. The van der Waals surface area contributed by atoms with Gasteiger partial charge in [-0.25, -0.2) is 17.7 Å². The molecule has 1 atom stereocenters. The van der Waals surface area contributed by atoms with Gasteiger partial charge < -0.3 is 0 Å². The van der Waals surface area contributed by atoms with E-state index in [1.165, 1.54) is 10.6 Å². The fraction of sp³-hybridized carbons (Fsp3) is 0.533. The maximum absolute atomic E-state index is 11.8. The normalized spacial score (nSPS) is 19.8. The molecule has 0 N–H and O–H groups in total. The van der Waals surface area contributed by atoms with Gasteiger partial charge in [-0.1, -0.05) is 0 Å². The number of piperidine rings is 1. The van der Waals surface area contributed by atoms with Crippen molar-refractivity contribution in [3.8, 4) is 11.4 Å². The second-order valence-electron chi connectivity index (χ2n) is 5.82. The molecule has 2 aromatic heterocycles. The summed E-state index contributed by atoms with van der Waals surface area (Å²) in [6, 6.07) is 1.92. The summed E-state index contributed by atoms with van der Waals surface area (Å²) < 4.78 is 27.0. The predicted octanol–water partition coefficient (Wildman–Crippen LogP) is 1.50. The van der Waals surface area contributed by atoms with Crippen LogP contribution in [0, 0.1) is 0 Å². The van der Waals surface area contributed by atoms with E-state index in [1.54, 1.807) is 18.6 Å². The van der Waals surface area contributed by atoms with Gasteiger partial charge in [0.1, 0.15) is 5.69 Å². The number of aromatic nitrogens is 4. The van der Waals surface area contributed by atoms with E-state index in [-0.39, 0.29) is 5.92 Å². The van der Waals surface area contributed by atoms with Crippen LogP contribution in [0.2, 0.25) is 0 Å². The average Bonchev–Trinajstić information content (AvgIpc) is 3.03. The zero-order valence-corrected chi connectivity index (χ0v) is 14.2. The van der Waals surface area contributed by atoms with Crippen molar-refractivity contribution in [3.63, 3.8) is 0 Å². The molecule has 0 aliphatic carbocycles. The van der Waals surface area contributed by atoms with Gasteiger partial charge in [0.05, 0.1) is 23.8 Å². The maximum Gasteiger partial charge on any atom is 0.211 e. The van der Waals surface area contributed by atoms with Crippen LogP contribution in [0.25, 0.3) is 11.4 Å². The Balaban J connectivity index is 1.88. The second-order valence-corrected chi connectivity index (χ2v) is 7.80. The Morgan fingerprint density at radius 1 is 1.35 bits per heavy atom. The molecular weight excluding hydrogens is 314 g/mol. The van der Waals surface area contributed by atoms with Crippen molar-refractivity contribution in [1.29, 1.82) is 0 Å². The standard InChI is InChI=1S/C15H21N5O2S/c1-3-20-15(6-7-17-20)14-10-16-9-13(18-14)12-5-4-8-19(11-12)23(2,21)22/h6-7,9-10,12H,3-5,8,11H2,1-2H3/t12-/m0/s1. The van der Waals surface area contributed by atoms with Crippen LogP contribution in [0.15, 0.2) is 24.7 Å². The third-order valence-corrected chi connectivity index (χ3v) is 5.47. The molecule has 1 saturated heterocycles. The minimum absolute atomic E-state index is 0.0870. The lowest BCUT2D eigenvalue weighted by Gasteiger charge is -2.30. The smallest absolute Gasteiger partial charge is 0.211 e. The van der Waals surface area contributed by atoms with Crippen molar-refractivity contribution in [2.45, 2.75) is 32.2 Å². The van der Waals surface area contributed by atoms with Crippen LogP contribution in [0.3, 0.4) is 0 Å². The van der Waals surface area contributed by atoms with Crippen molar-refractivity contribution >= 4 is 10.0 Å². The molecule has 8 heteroatoms. The van der Waals surface area contributed by atoms with Crippen LogP contribution in [0.4, 0.5) is 0 Å². The Labute approximate surface area is 136 Å². The molecule has 2 aromatic rings. The molecule has 0 saturated carbocycles. The van der Waals surface area contributed by atoms with E-state index in [0.29, 0.717) is 13.1 Å². The van der Waals surface area contributed by atoms with Gasteiger partial charge in [-0.15, -0.1) is 0 Å². The van der Waals surface area contributed by atoms with Crippen molar-refractivity contribution in [3.05, 3.63) is 30.4 Å². The topological polar surface area (TPSA) is 81.0 Å². The monoisotopic (exact) mass is 335 g/mol. The first-order valence-corrected chi connectivity index (χ1v) is 9.63. The van der Waals surface area contributed by atoms with Gasteiger partial charge in [-0.3, -0.25) is 9.67 Å². The summed E-state index contributed by atoms with van der Waals surface area (Å²) in [7, 11) is -3.16. The summed E-state index contributed by atoms with van der Waals surface area (Å²) in [5.41, 5.74) is 2.55. The molecule has 3 heterocycles. The molecule has 1 aliphatic heterocycles. The molecule has 1 aliphatic rings. The molecular formula is C15H21N5O2S.